The summed E-state index contributed by atoms with van der Waals surface area (Å²) in [5, 5.41) is 4.50. The van der Waals surface area contributed by atoms with E-state index in [0.29, 0.717) is 0 Å². The van der Waals surface area contributed by atoms with Crippen LogP contribution in [0.5, 0.6) is 5.75 Å². The molecule has 0 atom stereocenters. The number of rotatable bonds is 5. The number of benzene rings is 1. The molecule has 2 rings (SSSR count). The van der Waals surface area contributed by atoms with Gasteiger partial charge in [-0.1, -0.05) is 0 Å². The molecule has 1 heterocycles. The molecule has 0 spiro atoms. The maximum Gasteiger partial charge on any atom is 0.118 e. The van der Waals surface area contributed by atoms with Gasteiger partial charge in [-0.05, 0) is 54.0 Å². The van der Waals surface area contributed by atoms with E-state index in [4.69, 9.17) is 4.74 Å². The first-order chi connectivity index (χ1) is 9.15. The molecular formula is C14H17BrN2OS. The highest BCUT2D eigenvalue weighted by molar-refractivity contribution is 9.10. The number of hydrogen-bond donors (Lipinski definition) is 0. The van der Waals surface area contributed by atoms with Gasteiger partial charge in [-0.3, -0.25) is 4.68 Å². The number of halogens is 1. The second-order valence-corrected chi connectivity index (χ2v) is 5.97. The highest BCUT2D eigenvalue weighted by Crippen LogP contribution is 2.29. The molecule has 0 unspecified atom stereocenters. The molecule has 0 aliphatic carbocycles. The Morgan fingerprint density at radius 1 is 1.32 bits per heavy atom. The van der Waals surface area contributed by atoms with E-state index in [2.05, 4.69) is 44.8 Å². The molecule has 1 aromatic heterocycles. The number of aromatic nitrogens is 2. The Kier molecular flexibility index (Phi) is 4.93. The molecule has 0 fully saturated rings. The molecule has 0 N–H and O–H groups in total. The highest BCUT2D eigenvalue weighted by Gasteiger charge is 2.12. The molecule has 2 aromatic rings. The normalized spacial score (nSPS) is 10.7. The van der Waals surface area contributed by atoms with Gasteiger partial charge in [-0.15, -0.1) is 11.8 Å². The quantitative estimate of drug-likeness (QED) is 0.760. The lowest BCUT2D eigenvalue weighted by Crippen LogP contribution is -2.01. The third kappa shape index (κ3) is 3.34. The summed E-state index contributed by atoms with van der Waals surface area (Å²) < 4.78 is 8.33. The summed E-state index contributed by atoms with van der Waals surface area (Å²) in [6, 6.07) is 8.13. The number of ether oxygens (including phenoxy) is 1. The highest BCUT2D eigenvalue weighted by atomic mass is 79.9. The van der Waals surface area contributed by atoms with Crippen molar-refractivity contribution in [3.05, 3.63) is 40.1 Å². The average molecular weight is 341 g/mol. The Balaban J connectivity index is 2.09. The molecular weight excluding hydrogens is 324 g/mol. The van der Waals surface area contributed by atoms with Crippen LogP contribution >= 0.6 is 27.7 Å². The van der Waals surface area contributed by atoms with Gasteiger partial charge in [0.15, 0.2) is 0 Å². The van der Waals surface area contributed by atoms with Crippen molar-refractivity contribution in [2.24, 2.45) is 0 Å². The predicted octanol–water partition coefficient (Wildman–Crippen LogP) is 4.27. The van der Waals surface area contributed by atoms with Gasteiger partial charge in [0.25, 0.3) is 0 Å². The van der Waals surface area contributed by atoms with E-state index in [9.17, 15) is 0 Å². The molecule has 1 aromatic carbocycles. The smallest absolute Gasteiger partial charge is 0.118 e. The van der Waals surface area contributed by atoms with E-state index >= 15 is 0 Å². The van der Waals surface area contributed by atoms with E-state index in [1.807, 2.05) is 19.1 Å². The van der Waals surface area contributed by atoms with Gasteiger partial charge in [0.1, 0.15) is 5.75 Å². The zero-order chi connectivity index (χ0) is 13.8. The molecule has 0 radical (unpaired) electrons. The first-order valence-corrected chi connectivity index (χ1v) is 7.92. The first-order valence-electron chi connectivity index (χ1n) is 6.14. The Bertz CT molecular complexity index is 551. The van der Waals surface area contributed by atoms with Crippen LogP contribution in [0.4, 0.5) is 0 Å². The fourth-order valence-electron chi connectivity index (χ4n) is 1.83. The minimum absolute atomic E-state index is 0.889. The van der Waals surface area contributed by atoms with Gasteiger partial charge in [0.05, 0.1) is 23.0 Å². The predicted molar refractivity (Wildman–Crippen MR) is 82.9 cm³/mol. The van der Waals surface area contributed by atoms with Crippen molar-refractivity contribution in [3.8, 4) is 5.75 Å². The summed E-state index contributed by atoms with van der Waals surface area (Å²) in [5.74, 6) is 1.79. The summed E-state index contributed by atoms with van der Waals surface area (Å²) in [4.78, 5) is 1.23. The molecule has 0 bridgehead atoms. The van der Waals surface area contributed by atoms with Crippen LogP contribution in [0.25, 0.3) is 0 Å². The van der Waals surface area contributed by atoms with Crippen LogP contribution in [0.1, 0.15) is 18.3 Å². The van der Waals surface area contributed by atoms with E-state index in [1.165, 1.54) is 10.6 Å². The second-order valence-electron chi connectivity index (χ2n) is 4.13. The fraction of sp³-hybridized carbons (Fsp3) is 0.357. The summed E-state index contributed by atoms with van der Waals surface area (Å²) in [6.45, 7) is 5.03. The Morgan fingerprint density at radius 3 is 2.58 bits per heavy atom. The molecule has 0 saturated heterocycles. The van der Waals surface area contributed by atoms with Crippen molar-refractivity contribution in [2.75, 3.05) is 7.11 Å². The summed E-state index contributed by atoms with van der Waals surface area (Å²) in [5.41, 5.74) is 2.29. The lowest BCUT2D eigenvalue weighted by Gasteiger charge is -2.06. The van der Waals surface area contributed by atoms with Gasteiger partial charge >= 0.3 is 0 Å². The van der Waals surface area contributed by atoms with Crippen molar-refractivity contribution in [2.45, 2.75) is 31.0 Å². The monoisotopic (exact) mass is 340 g/mol. The van der Waals surface area contributed by atoms with Crippen molar-refractivity contribution in [3.63, 3.8) is 0 Å². The van der Waals surface area contributed by atoms with Crippen molar-refractivity contribution < 1.29 is 4.74 Å². The molecule has 102 valence electrons. The lowest BCUT2D eigenvalue weighted by molar-refractivity contribution is 0.414. The maximum atomic E-state index is 5.16. The van der Waals surface area contributed by atoms with E-state index in [0.717, 1.165) is 28.2 Å². The molecule has 0 amide bonds. The number of aryl methyl sites for hydroxylation is 2. The first kappa shape index (κ1) is 14.5. The zero-order valence-corrected chi connectivity index (χ0v) is 13.7. The number of thioether (sulfide) groups is 1. The molecule has 0 saturated carbocycles. The van der Waals surface area contributed by atoms with Crippen LogP contribution in [0.3, 0.4) is 0 Å². The standard InChI is InChI=1S/C14H17BrN2OS/c1-4-17-13(14(15)10(2)16-17)9-19-12-7-5-11(18-3)6-8-12/h5-8H,4,9H2,1-3H3. The van der Waals surface area contributed by atoms with E-state index in [-0.39, 0.29) is 0 Å². The van der Waals surface area contributed by atoms with Gasteiger partial charge in [-0.2, -0.15) is 5.10 Å². The number of methoxy groups -OCH3 is 1. The van der Waals surface area contributed by atoms with Crippen molar-refractivity contribution in [1.82, 2.24) is 9.78 Å². The third-order valence-electron chi connectivity index (χ3n) is 2.89. The fourth-order valence-corrected chi connectivity index (χ4v) is 3.37. The van der Waals surface area contributed by atoms with E-state index < -0.39 is 0 Å². The third-order valence-corrected chi connectivity index (χ3v) is 4.94. The van der Waals surface area contributed by atoms with E-state index in [1.54, 1.807) is 18.9 Å². The van der Waals surface area contributed by atoms with Crippen molar-refractivity contribution in [1.29, 1.82) is 0 Å². The SMILES string of the molecule is CCn1nc(C)c(Br)c1CSc1ccc(OC)cc1. The Hall–Kier alpha value is -0.940. The summed E-state index contributed by atoms with van der Waals surface area (Å²) in [7, 11) is 1.68. The van der Waals surface area contributed by atoms with Gasteiger partial charge in [-0.25, -0.2) is 0 Å². The molecule has 5 heteroatoms. The van der Waals surface area contributed by atoms with Crippen LogP contribution in [-0.4, -0.2) is 16.9 Å². The second kappa shape index (κ2) is 6.48. The van der Waals surface area contributed by atoms with Crippen LogP contribution in [0.15, 0.2) is 33.6 Å². The van der Waals surface area contributed by atoms with Crippen LogP contribution in [0.2, 0.25) is 0 Å². The van der Waals surface area contributed by atoms with Gasteiger partial charge in [0.2, 0.25) is 0 Å². The van der Waals surface area contributed by atoms with Crippen molar-refractivity contribution >= 4 is 27.7 Å². The van der Waals surface area contributed by atoms with Gasteiger partial charge < -0.3 is 4.74 Å². The lowest BCUT2D eigenvalue weighted by atomic mass is 10.3. The van der Waals surface area contributed by atoms with Crippen LogP contribution in [-0.2, 0) is 12.3 Å². The Labute approximate surface area is 126 Å². The minimum atomic E-state index is 0.889. The van der Waals surface area contributed by atoms with Gasteiger partial charge in [0, 0.05) is 17.2 Å². The number of hydrogen-bond acceptors (Lipinski definition) is 3. The summed E-state index contributed by atoms with van der Waals surface area (Å²) in [6.07, 6.45) is 0. The largest absolute Gasteiger partial charge is 0.497 e. The van der Waals surface area contributed by atoms with Crippen LogP contribution in [0, 0.1) is 6.92 Å². The maximum absolute atomic E-state index is 5.16. The zero-order valence-electron chi connectivity index (χ0n) is 11.3. The Morgan fingerprint density at radius 2 is 2.00 bits per heavy atom. The molecule has 0 aliphatic heterocycles. The number of nitrogens with zero attached hydrogens (tertiary/aromatic N) is 2. The average Bonchev–Trinajstić information content (AvgIpc) is 2.72. The molecule has 3 nitrogen and oxygen atoms in total. The summed E-state index contributed by atoms with van der Waals surface area (Å²) >= 11 is 5.42. The molecule has 0 aliphatic rings. The minimum Gasteiger partial charge on any atom is -0.497 e. The molecule has 19 heavy (non-hydrogen) atoms. The topological polar surface area (TPSA) is 27.1 Å². The van der Waals surface area contributed by atoms with Crippen LogP contribution < -0.4 is 4.74 Å².